The first-order valence-corrected chi connectivity index (χ1v) is 13.5. The highest BCUT2D eigenvalue weighted by Crippen LogP contribution is 2.31. The number of esters is 1. The molecule has 0 bridgehead atoms. The van der Waals surface area contributed by atoms with Crippen molar-refractivity contribution in [3.8, 4) is 28.4 Å². The van der Waals surface area contributed by atoms with Crippen molar-refractivity contribution in [2.24, 2.45) is 0 Å². The van der Waals surface area contributed by atoms with Crippen LogP contribution in [0.25, 0.3) is 11.1 Å². The second-order valence-electron chi connectivity index (χ2n) is 10.0. The summed E-state index contributed by atoms with van der Waals surface area (Å²) in [6.07, 6.45) is 0.967. The standard InChI is InChI=1S/C31H32O9/c32-13-24-12-23(6-8-28(24)38-17-25-14-35-25)21-2-4-22(5-3-21)31(33)34-10-9-20-1-7-29(39-18-26-15-36-26)30(11-20)40-19-27-16-37-27/h1-8,11-12,25-27,32H,9-10,13-19H2. The van der Waals surface area contributed by atoms with Gasteiger partial charge in [-0.25, -0.2) is 4.79 Å². The van der Waals surface area contributed by atoms with Gasteiger partial charge < -0.3 is 38.3 Å². The molecule has 0 aromatic heterocycles. The molecule has 3 saturated heterocycles. The third-order valence-corrected chi connectivity index (χ3v) is 6.80. The summed E-state index contributed by atoms with van der Waals surface area (Å²) in [7, 11) is 0. The van der Waals surface area contributed by atoms with Crippen LogP contribution >= 0.6 is 0 Å². The summed E-state index contributed by atoms with van der Waals surface area (Å²) >= 11 is 0. The molecule has 3 aliphatic heterocycles. The highest BCUT2D eigenvalue weighted by atomic mass is 16.6. The summed E-state index contributed by atoms with van der Waals surface area (Å²) < 4.78 is 38.7. The van der Waals surface area contributed by atoms with E-state index in [-0.39, 0.29) is 37.5 Å². The van der Waals surface area contributed by atoms with Crippen molar-refractivity contribution >= 4 is 5.97 Å². The van der Waals surface area contributed by atoms with Gasteiger partial charge in [0.05, 0.1) is 38.6 Å². The van der Waals surface area contributed by atoms with Crippen LogP contribution in [0.15, 0.2) is 60.7 Å². The smallest absolute Gasteiger partial charge is 0.338 e. The summed E-state index contributed by atoms with van der Waals surface area (Å²) in [6, 6.07) is 18.6. The van der Waals surface area contributed by atoms with E-state index < -0.39 is 0 Å². The molecule has 9 heteroatoms. The molecule has 6 rings (SSSR count). The lowest BCUT2D eigenvalue weighted by atomic mass is 10.0. The molecule has 3 aromatic carbocycles. The molecule has 3 aromatic rings. The molecule has 0 saturated carbocycles. The lowest BCUT2D eigenvalue weighted by Gasteiger charge is -2.13. The van der Waals surface area contributed by atoms with Crippen LogP contribution in [0.3, 0.4) is 0 Å². The van der Waals surface area contributed by atoms with Crippen LogP contribution in [0.2, 0.25) is 0 Å². The van der Waals surface area contributed by atoms with E-state index in [4.69, 9.17) is 33.2 Å². The van der Waals surface area contributed by atoms with E-state index in [0.717, 1.165) is 23.3 Å². The zero-order valence-electron chi connectivity index (χ0n) is 22.1. The third-order valence-electron chi connectivity index (χ3n) is 6.80. The molecule has 9 nitrogen and oxygen atoms in total. The fourth-order valence-corrected chi connectivity index (χ4v) is 4.15. The minimum absolute atomic E-state index is 0.132. The van der Waals surface area contributed by atoms with Crippen LogP contribution in [0, 0.1) is 0 Å². The maximum atomic E-state index is 12.7. The van der Waals surface area contributed by atoms with Gasteiger partial charge >= 0.3 is 5.97 Å². The molecular weight excluding hydrogens is 516 g/mol. The molecule has 210 valence electrons. The second kappa shape index (κ2) is 12.3. The number of benzene rings is 3. The van der Waals surface area contributed by atoms with Gasteiger partial charge in [0, 0.05) is 12.0 Å². The predicted molar refractivity (Wildman–Crippen MR) is 144 cm³/mol. The van der Waals surface area contributed by atoms with E-state index in [1.807, 2.05) is 48.5 Å². The fourth-order valence-electron chi connectivity index (χ4n) is 4.15. The van der Waals surface area contributed by atoms with E-state index in [9.17, 15) is 9.90 Å². The van der Waals surface area contributed by atoms with Crippen LogP contribution in [-0.2, 0) is 32.0 Å². The van der Waals surface area contributed by atoms with Gasteiger partial charge in [-0.2, -0.15) is 0 Å². The summed E-state index contributed by atoms with van der Waals surface area (Å²) in [5.74, 6) is 1.57. The average molecular weight is 549 g/mol. The second-order valence-corrected chi connectivity index (χ2v) is 10.0. The van der Waals surface area contributed by atoms with E-state index >= 15 is 0 Å². The Morgan fingerprint density at radius 2 is 1.30 bits per heavy atom. The summed E-state index contributed by atoms with van der Waals surface area (Å²) in [6.45, 7) is 3.69. The van der Waals surface area contributed by atoms with Gasteiger partial charge in [-0.1, -0.05) is 24.3 Å². The molecule has 3 aliphatic rings. The van der Waals surface area contributed by atoms with Crippen molar-refractivity contribution < 1.29 is 43.1 Å². The zero-order valence-corrected chi connectivity index (χ0v) is 22.1. The number of ether oxygens (including phenoxy) is 7. The van der Waals surface area contributed by atoms with Gasteiger partial charge in [-0.3, -0.25) is 0 Å². The van der Waals surface area contributed by atoms with E-state index in [0.29, 0.717) is 67.8 Å². The molecule has 3 atom stereocenters. The van der Waals surface area contributed by atoms with Crippen molar-refractivity contribution in [3.63, 3.8) is 0 Å². The Bertz CT molecular complexity index is 1310. The number of hydrogen-bond donors (Lipinski definition) is 1. The van der Waals surface area contributed by atoms with Crippen molar-refractivity contribution in [2.75, 3.05) is 46.2 Å². The van der Waals surface area contributed by atoms with Crippen LogP contribution in [0.4, 0.5) is 0 Å². The molecule has 0 spiro atoms. The van der Waals surface area contributed by atoms with Crippen molar-refractivity contribution in [1.29, 1.82) is 0 Å². The fraction of sp³-hybridized carbons (Fsp3) is 0.387. The minimum Gasteiger partial charge on any atom is -0.490 e. The maximum Gasteiger partial charge on any atom is 0.338 e. The lowest BCUT2D eigenvalue weighted by molar-refractivity contribution is 0.0509. The van der Waals surface area contributed by atoms with Gasteiger partial charge in [0.2, 0.25) is 0 Å². The zero-order chi connectivity index (χ0) is 27.3. The van der Waals surface area contributed by atoms with Crippen molar-refractivity contribution in [3.05, 3.63) is 77.4 Å². The predicted octanol–water partition coefficient (Wildman–Crippen LogP) is 3.58. The largest absolute Gasteiger partial charge is 0.490 e. The molecule has 3 fully saturated rings. The number of hydrogen-bond acceptors (Lipinski definition) is 9. The van der Waals surface area contributed by atoms with Crippen LogP contribution in [-0.4, -0.2) is 75.6 Å². The first kappa shape index (κ1) is 26.6. The molecule has 40 heavy (non-hydrogen) atoms. The quantitative estimate of drug-likeness (QED) is 0.225. The highest BCUT2D eigenvalue weighted by Gasteiger charge is 2.26. The molecule has 0 radical (unpaired) electrons. The minimum atomic E-state index is -0.389. The highest BCUT2D eigenvalue weighted by molar-refractivity contribution is 5.90. The Kier molecular flexibility index (Phi) is 8.15. The monoisotopic (exact) mass is 548 g/mol. The topological polar surface area (TPSA) is 112 Å². The summed E-state index contributed by atoms with van der Waals surface area (Å²) in [5, 5.41) is 9.78. The Balaban J connectivity index is 1.02. The molecule has 1 N–H and O–H groups in total. The van der Waals surface area contributed by atoms with Crippen LogP contribution < -0.4 is 14.2 Å². The Morgan fingerprint density at radius 1 is 0.725 bits per heavy atom. The summed E-state index contributed by atoms with van der Waals surface area (Å²) in [5.41, 5.74) is 3.98. The number of carbonyl (C=O) groups is 1. The number of epoxide rings is 3. The third kappa shape index (κ3) is 7.31. The molecule has 0 amide bonds. The normalized spacial score (nSPS) is 20.5. The van der Waals surface area contributed by atoms with Gasteiger partial charge in [0.1, 0.15) is 43.9 Å². The van der Waals surface area contributed by atoms with Gasteiger partial charge in [-0.05, 0) is 53.1 Å². The average Bonchev–Trinajstić information content (AvgIpc) is 3.82. The molecule has 3 heterocycles. The van der Waals surface area contributed by atoms with Gasteiger partial charge in [0.15, 0.2) is 11.5 Å². The Morgan fingerprint density at radius 3 is 1.93 bits per heavy atom. The first-order chi connectivity index (χ1) is 19.6. The van der Waals surface area contributed by atoms with Crippen molar-refractivity contribution in [2.45, 2.75) is 31.3 Å². The van der Waals surface area contributed by atoms with Gasteiger partial charge in [0.25, 0.3) is 0 Å². The Labute approximate surface area is 232 Å². The van der Waals surface area contributed by atoms with Gasteiger partial charge in [-0.15, -0.1) is 0 Å². The molecule has 3 unspecified atom stereocenters. The van der Waals surface area contributed by atoms with E-state index in [1.54, 1.807) is 12.1 Å². The number of aliphatic hydroxyl groups excluding tert-OH is 1. The maximum absolute atomic E-state index is 12.7. The van der Waals surface area contributed by atoms with E-state index in [2.05, 4.69) is 0 Å². The first-order valence-electron chi connectivity index (χ1n) is 13.5. The molecular formula is C31H32O9. The number of carbonyl (C=O) groups excluding carboxylic acids is 1. The molecule has 0 aliphatic carbocycles. The number of aliphatic hydroxyl groups is 1. The number of rotatable bonds is 15. The van der Waals surface area contributed by atoms with E-state index in [1.165, 1.54) is 0 Å². The lowest BCUT2D eigenvalue weighted by Crippen LogP contribution is -2.10. The Hall–Kier alpha value is -3.63. The van der Waals surface area contributed by atoms with Crippen molar-refractivity contribution in [1.82, 2.24) is 0 Å². The SMILES string of the molecule is O=C(OCCc1ccc(OCC2CO2)c(OCC2CO2)c1)c1ccc(-c2ccc(OCC3CO3)c(CO)c2)cc1. The van der Waals surface area contributed by atoms with Crippen LogP contribution in [0.5, 0.6) is 17.2 Å². The van der Waals surface area contributed by atoms with Crippen LogP contribution in [0.1, 0.15) is 21.5 Å². The summed E-state index contributed by atoms with van der Waals surface area (Å²) in [4.78, 5) is 12.7.